The molecular weight excluding hydrogens is 418 g/mol. The van der Waals surface area contributed by atoms with Crippen LogP contribution in [0.5, 0.6) is 0 Å². The van der Waals surface area contributed by atoms with E-state index < -0.39 is 14.3 Å². The Balaban J connectivity index is 1.67. The maximum absolute atomic E-state index is 11.0. The highest BCUT2D eigenvalue weighted by Gasteiger charge is 2.54. The average molecular weight is 454 g/mol. The molecule has 0 saturated carbocycles. The minimum Gasteiger partial charge on any atom is -0.480 e. The van der Waals surface area contributed by atoms with Gasteiger partial charge in [0.2, 0.25) is 0 Å². The molecule has 4 rings (SSSR count). The Hall–Kier alpha value is -1.99. The number of hydrogen-bond donors (Lipinski definition) is 1. The van der Waals surface area contributed by atoms with E-state index in [9.17, 15) is 4.79 Å². The molecule has 2 aromatic carbocycles. The number of rotatable bonds is 8. The lowest BCUT2D eigenvalue weighted by Gasteiger charge is -2.45. The second-order valence-electron chi connectivity index (χ2n) is 10.3. The number of benzene rings is 2. The predicted molar refractivity (Wildman–Crippen MR) is 129 cm³/mol. The maximum Gasteiger partial charge on any atom is 0.329 e. The van der Waals surface area contributed by atoms with E-state index >= 15 is 0 Å². The van der Waals surface area contributed by atoms with Crippen LogP contribution in [-0.4, -0.2) is 62.2 Å². The van der Waals surface area contributed by atoms with E-state index in [1.165, 1.54) is 10.4 Å². The average Bonchev–Trinajstić information content (AvgIpc) is 3.30. The molecular formula is C26H35NO4Si. The van der Waals surface area contributed by atoms with Crippen LogP contribution in [0.25, 0.3) is 0 Å². The van der Waals surface area contributed by atoms with Crippen LogP contribution < -0.4 is 10.4 Å². The first-order valence-corrected chi connectivity index (χ1v) is 13.5. The highest BCUT2D eigenvalue weighted by atomic mass is 28.4. The minimum absolute atomic E-state index is 0.0471. The molecule has 0 aromatic heterocycles. The minimum atomic E-state index is -2.60. The van der Waals surface area contributed by atoms with Crippen molar-refractivity contribution < 1.29 is 19.1 Å². The molecule has 2 aliphatic rings. The number of nitrogens with zero attached hydrogens (tertiary/aromatic N) is 1. The second-order valence-corrected chi connectivity index (χ2v) is 14.6. The zero-order valence-electron chi connectivity index (χ0n) is 19.4. The Morgan fingerprint density at radius 1 is 1.09 bits per heavy atom. The van der Waals surface area contributed by atoms with Crippen molar-refractivity contribution in [1.29, 1.82) is 0 Å². The summed E-state index contributed by atoms with van der Waals surface area (Å²) in [5.74, 6) is -0.908. The molecule has 2 heterocycles. The summed E-state index contributed by atoms with van der Waals surface area (Å²) in [5.41, 5.74) is -0.0732. The fourth-order valence-electron chi connectivity index (χ4n) is 5.77. The Morgan fingerprint density at radius 2 is 1.69 bits per heavy atom. The van der Waals surface area contributed by atoms with Gasteiger partial charge in [-0.25, -0.2) is 4.79 Å². The highest BCUT2D eigenvalue weighted by molar-refractivity contribution is 6.99. The highest BCUT2D eigenvalue weighted by Crippen LogP contribution is 2.43. The molecule has 2 aliphatic heterocycles. The van der Waals surface area contributed by atoms with E-state index in [2.05, 4.69) is 86.3 Å². The number of carboxylic acid groups (broad SMARTS) is 1. The maximum atomic E-state index is 11.0. The second kappa shape index (κ2) is 9.10. The molecule has 1 N–H and O–H groups in total. The lowest BCUT2D eigenvalue weighted by molar-refractivity contribution is -0.144. The van der Waals surface area contributed by atoms with Crippen LogP contribution in [-0.2, 0) is 14.0 Å². The van der Waals surface area contributed by atoms with Gasteiger partial charge >= 0.3 is 5.97 Å². The summed E-state index contributed by atoms with van der Waals surface area (Å²) in [6.07, 6.45) is 3.00. The Kier molecular flexibility index (Phi) is 6.59. The van der Waals surface area contributed by atoms with Crippen molar-refractivity contribution in [3.8, 4) is 0 Å². The van der Waals surface area contributed by atoms with Crippen LogP contribution in [0.4, 0.5) is 0 Å². The smallest absolute Gasteiger partial charge is 0.329 e. The number of carbonyl (C=O) groups is 1. The van der Waals surface area contributed by atoms with Crippen LogP contribution in [0, 0.1) is 0 Å². The van der Waals surface area contributed by atoms with Gasteiger partial charge < -0.3 is 14.3 Å². The lowest BCUT2D eigenvalue weighted by Crippen LogP contribution is -2.68. The molecule has 2 saturated heterocycles. The van der Waals surface area contributed by atoms with Gasteiger partial charge in [0.05, 0.1) is 12.7 Å². The molecule has 0 spiro atoms. The van der Waals surface area contributed by atoms with Crippen LogP contribution >= 0.6 is 0 Å². The van der Waals surface area contributed by atoms with Crippen LogP contribution in [0.3, 0.4) is 0 Å². The zero-order chi connectivity index (χ0) is 22.8. The summed E-state index contributed by atoms with van der Waals surface area (Å²) in [6.45, 7) is 9.13. The van der Waals surface area contributed by atoms with E-state index in [0.717, 1.165) is 32.4 Å². The number of fused-ring (bicyclic) bond motifs is 1. The third-order valence-corrected chi connectivity index (χ3v) is 12.2. The third kappa shape index (κ3) is 4.29. The van der Waals surface area contributed by atoms with Crippen molar-refractivity contribution in [2.45, 2.75) is 56.7 Å². The molecule has 0 unspecified atom stereocenters. The summed E-state index contributed by atoms with van der Waals surface area (Å²) >= 11 is 0. The molecule has 6 heteroatoms. The molecule has 0 bridgehead atoms. The molecule has 2 atom stereocenters. The van der Waals surface area contributed by atoms with Gasteiger partial charge in [-0.1, -0.05) is 81.4 Å². The van der Waals surface area contributed by atoms with Crippen molar-refractivity contribution >= 4 is 24.7 Å². The molecule has 0 amide bonds. The molecule has 5 nitrogen and oxygen atoms in total. The number of aliphatic carboxylic acids is 1. The first kappa shape index (κ1) is 23.2. The van der Waals surface area contributed by atoms with Crippen LogP contribution in [0.1, 0.15) is 40.0 Å². The summed E-state index contributed by atoms with van der Waals surface area (Å²) in [7, 11) is -2.60. The molecule has 32 heavy (non-hydrogen) atoms. The summed E-state index contributed by atoms with van der Waals surface area (Å²) in [6, 6.07) is 21.5. The number of ether oxygens (including phenoxy) is 1. The van der Waals surface area contributed by atoms with Crippen LogP contribution in [0.15, 0.2) is 60.7 Å². The van der Waals surface area contributed by atoms with E-state index in [0.29, 0.717) is 6.61 Å². The van der Waals surface area contributed by atoms with E-state index in [1.807, 2.05) is 0 Å². The normalized spacial score (nSPS) is 23.9. The molecule has 0 aliphatic carbocycles. The number of carboxylic acids is 1. The van der Waals surface area contributed by atoms with Crippen molar-refractivity contribution in [1.82, 2.24) is 4.90 Å². The van der Waals surface area contributed by atoms with Gasteiger partial charge in [-0.3, -0.25) is 4.90 Å². The topological polar surface area (TPSA) is 59.0 Å². The van der Waals surface area contributed by atoms with Crippen molar-refractivity contribution in [3.63, 3.8) is 0 Å². The third-order valence-electron chi connectivity index (χ3n) is 7.19. The zero-order valence-corrected chi connectivity index (χ0v) is 20.4. The Bertz CT molecular complexity index is 875. The van der Waals surface area contributed by atoms with Gasteiger partial charge in [0.15, 0.2) is 0 Å². The van der Waals surface area contributed by atoms with Gasteiger partial charge in [-0.15, -0.1) is 0 Å². The summed E-state index contributed by atoms with van der Waals surface area (Å²) in [5, 5.41) is 11.5. The van der Waals surface area contributed by atoms with Crippen molar-refractivity contribution in [3.05, 3.63) is 60.7 Å². The van der Waals surface area contributed by atoms with Crippen LogP contribution in [0.2, 0.25) is 5.04 Å². The largest absolute Gasteiger partial charge is 0.480 e. The van der Waals surface area contributed by atoms with Gasteiger partial charge in [-0.05, 0) is 41.2 Å². The monoisotopic (exact) mass is 453 g/mol. The standard InChI is InChI=1S/C26H35NO4Si/c1-25(2,3)32(22-11-6-4-7-12-22,23-13-8-5-9-14-23)31-20-26-15-10-16-27(26)18-21(17-26)30-19-24(28)29/h4-9,11-14,21H,10,15-20H2,1-3H3,(H,28,29)/t21-,26-/m1/s1. The number of hydrogen-bond acceptors (Lipinski definition) is 4. The fourth-order valence-corrected chi connectivity index (χ4v) is 10.4. The van der Waals surface area contributed by atoms with E-state index in [1.54, 1.807) is 0 Å². The Morgan fingerprint density at radius 3 is 2.22 bits per heavy atom. The summed E-state index contributed by atoms with van der Waals surface area (Å²) in [4.78, 5) is 13.5. The van der Waals surface area contributed by atoms with Gasteiger partial charge in [0.25, 0.3) is 8.32 Å². The first-order chi connectivity index (χ1) is 15.3. The Labute approximate surface area is 192 Å². The van der Waals surface area contributed by atoms with Crippen molar-refractivity contribution in [2.24, 2.45) is 0 Å². The van der Waals surface area contributed by atoms with Gasteiger partial charge in [-0.2, -0.15) is 0 Å². The summed E-state index contributed by atoms with van der Waals surface area (Å²) < 4.78 is 13.0. The lowest BCUT2D eigenvalue weighted by atomic mass is 9.94. The predicted octanol–water partition coefficient (Wildman–Crippen LogP) is 3.27. The molecule has 2 fully saturated rings. The van der Waals surface area contributed by atoms with Gasteiger partial charge in [0.1, 0.15) is 6.61 Å². The SMILES string of the molecule is CC(C)(C)[Si](OC[C@]12CCCN1C[C@H](OCC(=O)O)C2)(c1ccccc1)c1ccccc1. The quantitative estimate of drug-likeness (QED) is 0.622. The molecule has 0 radical (unpaired) electrons. The van der Waals surface area contributed by atoms with Crippen molar-refractivity contribution in [2.75, 3.05) is 26.3 Å². The molecule has 2 aromatic rings. The van der Waals surface area contributed by atoms with E-state index in [4.69, 9.17) is 14.3 Å². The van der Waals surface area contributed by atoms with E-state index in [-0.39, 0.29) is 23.3 Å². The fraction of sp³-hybridized carbons (Fsp3) is 0.500. The van der Waals surface area contributed by atoms with Gasteiger partial charge in [0, 0.05) is 12.1 Å². The first-order valence-electron chi connectivity index (χ1n) is 11.6. The molecule has 172 valence electrons.